The quantitative estimate of drug-likeness (QED) is 0.739. The van der Waals surface area contributed by atoms with Crippen LogP contribution in [0.2, 0.25) is 0 Å². The van der Waals surface area contributed by atoms with Gasteiger partial charge in [-0.2, -0.15) is 0 Å². The highest BCUT2D eigenvalue weighted by Crippen LogP contribution is 2.32. The number of amides is 5. The van der Waals surface area contributed by atoms with E-state index in [0.717, 1.165) is 36.1 Å². The first-order valence-electron chi connectivity index (χ1n) is 10.1. The average molecular weight is 400 g/mol. The number of benzene rings is 1. The molecule has 1 spiro atoms. The molecule has 1 aliphatic carbocycles. The van der Waals surface area contributed by atoms with Crippen molar-refractivity contribution in [3.05, 3.63) is 29.8 Å². The molecule has 8 nitrogen and oxygen atoms in total. The minimum atomic E-state index is -0.866. The monoisotopic (exact) mass is 400 g/mol. The highest BCUT2D eigenvalue weighted by atomic mass is 16.2. The number of nitrogens with zero attached hydrogens (tertiary/aromatic N) is 2. The van der Waals surface area contributed by atoms with Gasteiger partial charge in [0, 0.05) is 12.7 Å². The van der Waals surface area contributed by atoms with Crippen molar-refractivity contribution >= 4 is 29.4 Å². The van der Waals surface area contributed by atoms with Gasteiger partial charge in [-0.3, -0.25) is 19.3 Å². The maximum Gasteiger partial charge on any atom is 0.325 e. The number of likely N-dealkylation sites (N-methyl/N-ethyl adjacent to an activating group) is 1. The fourth-order valence-electron chi connectivity index (χ4n) is 3.89. The predicted molar refractivity (Wildman–Crippen MR) is 108 cm³/mol. The minimum Gasteiger partial charge on any atom is -0.335 e. The highest BCUT2D eigenvalue weighted by Gasteiger charge is 2.51. The van der Waals surface area contributed by atoms with E-state index < -0.39 is 17.5 Å². The number of imide groups is 1. The standard InChI is InChI=1S/C21H28N4O4/c1-15-7-9-16(10-8-15)22-17(26)13-24(2)18(27)14-25-19(28)21(23-20(25)29)11-5-3-4-6-12-21/h7-10H,3-6,11-14H2,1-2H3,(H,22,26)(H,23,29). The number of anilines is 1. The summed E-state index contributed by atoms with van der Waals surface area (Å²) in [7, 11) is 1.48. The van der Waals surface area contributed by atoms with E-state index in [4.69, 9.17) is 0 Å². The van der Waals surface area contributed by atoms with Gasteiger partial charge in [-0.1, -0.05) is 43.4 Å². The zero-order valence-electron chi connectivity index (χ0n) is 17.0. The molecule has 2 N–H and O–H groups in total. The van der Waals surface area contributed by atoms with E-state index >= 15 is 0 Å². The van der Waals surface area contributed by atoms with Crippen LogP contribution in [0.25, 0.3) is 0 Å². The maximum absolute atomic E-state index is 12.9. The molecular weight excluding hydrogens is 372 g/mol. The van der Waals surface area contributed by atoms with Crippen molar-refractivity contribution < 1.29 is 19.2 Å². The molecule has 29 heavy (non-hydrogen) atoms. The molecule has 0 radical (unpaired) electrons. The first kappa shape index (κ1) is 20.8. The largest absolute Gasteiger partial charge is 0.335 e. The molecule has 5 amide bonds. The lowest BCUT2D eigenvalue weighted by Crippen LogP contribution is -2.47. The van der Waals surface area contributed by atoms with Gasteiger partial charge in [0.2, 0.25) is 11.8 Å². The Balaban J connectivity index is 1.56. The third-order valence-corrected chi connectivity index (χ3v) is 5.64. The Morgan fingerprint density at radius 2 is 1.72 bits per heavy atom. The van der Waals surface area contributed by atoms with Crippen molar-refractivity contribution in [2.24, 2.45) is 0 Å². The molecule has 1 aliphatic heterocycles. The van der Waals surface area contributed by atoms with Crippen molar-refractivity contribution in [1.82, 2.24) is 15.1 Å². The molecule has 0 atom stereocenters. The van der Waals surface area contributed by atoms with Crippen LogP contribution in [-0.2, 0) is 14.4 Å². The van der Waals surface area contributed by atoms with Gasteiger partial charge in [-0.25, -0.2) is 4.79 Å². The van der Waals surface area contributed by atoms with E-state index in [1.54, 1.807) is 12.1 Å². The third kappa shape index (κ3) is 4.75. The second-order valence-corrected chi connectivity index (χ2v) is 7.98. The van der Waals surface area contributed by atoms with E-state index in [-0.39, 0.29) is 24.9 Å². The molecule has 1 saturated carbocycles. The topological polar surface area (TPSA) is 98.8 Å². The Morgan fingerprint density at radius 3 is 2.34 bits per heavy atom. The van der Waals surface area contributed by atoms with E-state index in [2.05, 4.69) is 10.6 Å². The molecule has 1 aromatic carbocycles. The molecule has 2 aliphatic rings. The van der Waals surface area contributed by atoms with Gasteiger partial charge < -0.3 is 15.5 Å². The minimum absolute atomic E-state index is 0.165. The van der Waals surface area contributed by atoms with Gasteiger partial charge in [0.25, 0.3) is 5.91 Å². The first-order chi connectivity index (χ1) is 13.8. The second-order valence-electron chi connectivity index (χ2n) is 7.98. The second kappa shape index (κ2) is 8.63. The number of hydrogen-bond acceptors (Lipinski definition) is 4. The molecule has 0 bridgehead atoms. The van der Waals surface area contributed by atoms with Crippen LogP contribution in [-0.4, -0.2) is 59.2 Å². The van der Waals surface area contributed by atoms with Crippen molar-refractivity contribution in [2.75, 3.05) is 25.5 Å². The Labute approximate surface area is 170 Å². The molecule has 0 unspecified atom stereocenters. The summed E-state index contributed by atoms with van der Waals surface area (Å²) in [5, 5.41) is 5.55. The fraction of sp³-hybridized carbons (Fsp3) is 0.524. The summed E-state index contributed by atoms with van der Waals surface area (Å²) in [6.45, 7) is 1.43. The Morgan fingerprint density at radius 1 is 1.10 bits per heavy atom. The first-order valence-corrected chi connectivity index (χ1v) is 10.1. The predicted octanol–water partition coefficient (Wildman–Crippen LogP) is 2.04. The number of nitrogens with one attached hydrogen (secondary N) is 2. The van der Waals surface area contributed by atoms with Crippen LogP contribution >= 0.6 is 0 Å². The Kier molecular flexibility index (Phi) is 6.20. The smallest absolute Gasteiger partial charge is 0.325 e. The SMILES string of the molecule is Cc1ccc(NC(=O)CN(C)C(=O)CN2C(=O)NC3(CCCCCC3)C2=O)cc1. The van der Waals surface area contributed by atoms with Gasteiger partial charge in [0.05, 0.1) is 6.54 Å². The molecule has 0 aromatic heterocycles. The van der Waals surface area contributed by atoms with Crippen LogP contribution in [0.5, 0.6) is 0 Å². The summed E-state index contributed by atoms with van der Waals surface area (Å²) in [6.07, 6.45) is 5.07. The average Bonchev–Trinajstić information content (AvgIpc) is 2.84. The van der Waals surface area contributed by atoms with Crippen LogP contribution in [0, 0.1) is 6.92 Å². The lowest BCUT2D eigenvalue weighted by molar-refractivity contribution is -0.139. The van der Waals surface area contributed by atoms with Crippen molar-refractivity contribution in [3.8, 4) is 0 Å². The van der Waals surface area contributed by atoms with Crippen molar-refractivity contribution in [2.45, 2.75) is 51.0 Å². The number of rotatable bonds is 5. The Hall–Kier alpha value is -2.90. The lowest BCUT2D eigenvalue weighted by atomic mass is 9.90. The fourth-order valence-corrected chi connectivity index (χ4v) is 3.89. The molecule has 1 aromatic rings. The van der Waals surface area contributed by atoms with Crippen LogP contribution in [0.15, 0.2) is 24.3 Å². The van der Waals surface area contributed by atoms with Gasteiger partial charge in [0.1, 0.15) is 12.1 Å². The van der Waals surface area contributed by atoms with Gasteiger partial charge in [-0.15, -0.1) is 0 Å². The summed E-state index contributed by atoms with van der Waals surface area (Å²) < 4.78 is 0. The Bertz CT molecular complexity index is 797. The van der Waals surface area contributed by atoms with Gasteiger partial charge in [0.15, 0.2) is 0 Å². The summed E-state index contributed by atoms with van der Waals surface area (Å²) in [5.74, 6) is -1.13. The van der Waals surface area contributed by atoms with Gasteiger partial charge >= 0.3 is 6.03 Å². The summed E-state index contributed by atoms with van der Waals surface area (Å²) in [6, 6.07) is 6.81. The molecule has 3 rings (SSSR count). The number of urea groups is 1. The zero-order valence-corrected chi connectivity index (χ0v) is 17.0. The summed E-state index contributed by atoms with van der Waals surface area (Å²) >= 11 is 0. The van der Waals surface area contributed by atoms with E-state index in [1.165, 1.54) is 11.9 Å². The maximum atomic E-state index is 12.9. The van der Waals surface area contributed by atoms with E-state index in [0.29, 0.717) is 18.5 Å². The van der Waals surface area contributed by atoms with Crippen molar-refractivity contribution in [1.29, 1.82) is 0 Å². The molecule has 1 heterocycles. The molecular formula is C21H28N4O4. The van der Waals surface area contributed by atoms with Crippen molar-refractivity contribution in [3.63, 3.8) is 0 Å². The number of carbonyl (C=O) groups excluding carboxylic acids is 4. The molecule has 2 fully saturated rings. The third-order valence-electron chi connectivity index (χ3n) is 5.64. The van der Waals surface area contributed by atoms with Gasteiger partial charge in [-0.05, 0) is 31.9 Å². The lowest BCUT2D eigenvalue weighted by Gasteiger charge is -2.25. The van der Waals surface area contributed by atoms with Crippen LogP contribution in [0.3, 0.4) is 0 Å². The molecule has 156 valence electrons. The normalized spacial score (nSPS) is 18.3. The highest BCUT2D eigenvalue weighted by molar-refractivity contribution is 6.09. The number of hydrogen-bond donors (Lipinski definition) is 2. The molecule has 8 heteroatoms. The summed E-state index contributed by atoms with van der Waals surface area (Å²) in [4.78, 5) is 52.2. The number of carbonyl (C=O) groups is 4. The number of aryl methyl sites for hydroxylation is 1. The van der Waals surface area contributed by atoms with Crippen LogP contribution in [0.1, 0.15) is 44.1 Å². The van der Waals surface area contributed by atoms with E-state index in [1.807, 2.05) is 19.1 Å². The summed E-state index contributed by atoms with van der Waals surface area (Å²) in [5.41, 5.74) is 0.857. The van der Waals surface area contributed by atoms with Crippen LogP contribution < -0.4 is 10.6 Å². The molecule has 1 saturated heterocycles. The van der Waals surface area contributed by atoms with E-state index in [9.17, 15) is 19.2 Å². The van der Waals surface area contributed by atoms with Crippen LogP contribution in [0.4, 0.5) is 10.5 Å². The zero-order chi connectivity index (χ0) is 21.0.